The van der Waals surface area contributed by atoms with E-state index < -0.39 is 0 Å². The lowest BCUT2D eigenvalue weighted by Crippen LogP contribution is -2.18. The Kier molecular flexibility index (Phi) is 5.52. The first-order valence-corrected chi connectivity index (χ1v) is 6.91. The molecular formula is C15H23N3O2. The van der Waals surface area contributed by atoms with Crippen molar-refractivity contribution in [1.29, 1.82) is 0 Å². The summed E-state index contributed by atoms with van der Waals surface area (Å²) in [6, 6.07) is 4.09. The number of hydrogen-bond acceptors (Lipinski definition) is 4. The minimum absolute atomic E-state index is 0.168. The Labute approximate surface area is 119 Å². The molecule has 1 unspecified atom stereocenters. The van der Waals surface area contributed by atoms with Crippen LogP contribution in [0.15, 0.2) is 24.5 Å². The van der Waals surface area contributed by atoms with Gasteiger partial charge in [-0.15, -0.1) is 0 Å². The first-order chi connectivity index (χ1) is 9.76. The van der Waals surface area contributed by atoms with Gasteiger partial charge in [0, 0.05) is 51.6 Å². The summed E-state index contributed by atoms with van der Waals surface area (Å²) < 4.78 is 12.6. The van der Waals surface area contributed by atoms with Crippen LogP contribution in [0.1, 0.15) is 12.5 Å². The van der Waals surface area contributed by atoms with Gasteiger partial charge in [-0.1, -0.05) is 0 Å². The molecule has 0 spiro atoms. The zero-order chi connectivity index (χ0) is 14.4. The fraction of sp³-hybridized carbons (Fsp3) is 0.533. The van der Waals surface area contributed by atoms with Crippen molar-refractivity contribution in [1.82, 2.24) is 14.9 Å². The zero-order valence-electron chi connectivity index (χ0n) is 12.4. The largest absolute Gasteiger partial charge is 0.383 e. The van der Waals surface area contributed by atoms with E-state index >= 15 is 0 Å². The lowest BCUT2D eigenvalue weighted by Gasteiger charge is -2.10. The molecule has 20 heavy (non-hydrogen) atoms. The number of fused-ring (bicyclic) bond motifs is 1. The molecule has 0 fully saturated rings. The molecule has 0 amide bonds. The minimum Gasteiger partial charge on any atom is -0.383 e. The van der Waals surface area contributed by atoms with Crippen LogP contribution in [0.5, 0.6) is 0 Å². The first-order valence-electron chi connectivity index (χ1n) is 6.91. The van der Waals surface area contributed by atoms with Crippen LogP contribution in [-0.4, -0.2) is 43.0 Å². The maximum atomic E-state index is 5.34. The van der Waals surface area contributed by atoms with E-state index in [-0.39, 0.29) is 6.10 Å². The number of rotatable bonds is 8. The Morgan fingerprint density at radius 1 is 1.40 bits per heavy atom. The van der Waals surface area contributed by atoms with Crippen molar-refractivity contribution >= 4 is 11.0 Å². The van der Waals surface area contributed by atoms with E-state index in [0.29, 0.717) is 0 Å². The van der Waals surface area contributed by atoms with Crippen LogP contribution in [-0.2, 0) is 22.6 Å². The highest BCUT2D eigenvalue weighted by molar-refractivity contribution is 5.80. The van der Waals surface area contributed by atoms with E-state index in [9.17, 15) is 0 Å². The van der Waals surface area contributed by atoms with Gasteiger partial charge in [0.15, 0.2) is 0 Å². The van der Waals surface area contributed by atoms with E-state index in [1.54, 1.807) is 14.2 Å². The first kappa shape index (κ1) is 15.0. The van der Waals surface area contributed by atoms with Crippen LogP contribution < -0.4 is 5.32 Å². The van der Waals surface area contributed by atoms with Crippen LogP contribution in [0.3, 0.4) is 0 Å². The molecule has 110 valence electrons. The zero-order valence-corrected chi connectivity index (χ0v) is 12.4. The fourth-order valence-corrected chi connectivity index (χ4v) is 2.22. The predicted octanol–water partition coefficient (Wildman–Crippen LogP) is 1.81. The maximum absolute atomic E-state index is 5.34. The molecule has 1 N–H and O–H groups in total. The monoisotopic (exact) mass is 277 g/mol. The van der Waals surface area contributed by atoms with Gasteiger partial charge in [-0.05, 0) is 24.6 Å². The van der Waals surface area contributed by atoms with Crippen molar-refractivity contribution in [2.24, 2.45) is 0 Å². The molecule has 0 bridgehead atoms. The van der Waals surface area contributed by atoms with Gasteiger partial charge in [0.05, 0.1) is 12.7 Å². The van der Waals surface area contributed by atoms with Gasteiger partial charge in [0.25, 0.3) is 0 Å². The van der Waals surface area contributed by atoms with E-state index in [0.717, 1.165) is 31.9 Å². The van der Waals surface area contributed by atoms with Crippen molar-refractivity contribution < 1.29 is 9.47 Å². The average Bonchev–Trinajstić information content (AvgIpc) is 2.82. The maximum Gasteiger partial charge on any atom is 0.140 e. The second kappa shape index (κ2) is 7.38. The quantitative estimate of drug-likeness (QED) is 0.748. The summed E-state index contributed by atoms with van der Waals surface area (Å²) >= 11 is 0. The SMILES string of the molecule is COCCNCc1cn(CC(C)OC)c2ncccc12. The molecule has 0 radical (unpaired) electrons. The van der Waals surface area contributed by atoms with Gasteiger partial charge in [-0.2, -0.15) is 0 Å². The molecule has 0 aliphatic heterocycles. The third-order valence-electron chi connectivity index (χ3n) is 3.37. The van der Waals surface area contributed by atoms with E-state index in [4.69, 9.17) is 9.47 Å². The van der Waals surface area contributed by atoms with Gasteiger partial charge in [-0.3, -0.25) is 0 Å². The molecule has 0 saturated heterocycles. The number of nitrogens with zero attached hydrogens (tertiary/aromatic N) is 2. The summed E-state index contributed by atoms with van der Waals surface area (Å²) in [7, 11) is 3.45. The lowest BCUT2D eigenvalue weighted by atomic mass is 10.2. The Morgan fingerprint density at radius 2 is 2.25 bits per heavy atom. The third-order valence-corrected chi connectivity index (χ3v) is 3.37. The Bertz CT molecular complexity index is 539. The van der Waals surface area contributed by atoms with Crippen LogP contribution >= 0.6 is 0 Å². The molecule has 0 aliphatic rings. The number of hydrogen-bond donors (Lipinski definition) is 1. The summed E-state index contributed by atoms with van der Waals surface area (Å²) in [6.07, 6.45) is 4.16. The number of ether oxygens (including phenoxy) is 2. The molecular weight excluding hydrogens is 254 g/mol. The van der Waals surface area contributed by atoms with Crippen LogP contribution in [0, 0.1) is 0 Å². The lowest BCUT2D eigenvalue weighted by molar-refractivity contribution is 0.104. The minimum atomic E-state index is 0.168. The van der Waals surface area contributed by atoms with E-state index in [1.165, 1.54) is 10.9 Å². The van der Waals surface area contributed by atoms with E-state index in [2.05, 4.69) is 34.1 Å². The van der Waals surface area contributed by atoms with E-state index in [1.807, 2.05) is 12.3 Å². The molecule has 1 atom stereocenters. The molecule has 0 aliphatic carbocycles. The van der Waals surface area contributed by atoms with Crippen molar-refractivity contribution in [3.63, 3.8) is 0 Å². The van der Waals surface area contributed by atoms with Crippen molar-refractivity contribution in [2.45, 2.75) is 26.1 Å². The summed E-state index contributed by atoms with van der Waals surface area (Å²) in [5.41, 5.74) is 2.27. The number of nitrogens with one attached hydrogen (secondary N) is 1. The highest BCUT2D eigenvalue weighted by Gasteiger charge is 2.11. The van der Waals surface area contributed by atoms with Crippen molar-refractivity contribution in [2.75, 3.05) is 27.4 Å². The average molecular weight is 277 g/mol. The molecule has 5 heteroatoms. The fourth-order valence-electron chi connectivity index (χ4n) is 2.22. The molecule has 0 saturated carbocycles. The second-order valence-electron chi connectivity index (χ2n) is 4.90. The molecule has 2 aromatic heterocycles. The van der Waals surface area contributed by atoms with Gasteiger partial charge in [-0.25, -0.2) is 4.98 Å². The van der Waals surface area contributed by atoms with Crippen LogP contribution in [0.25, 0.3) is 11.0 Å². The second-order valence-corrected chi connectivity index (χ2v) is 4.90. The van der Waals surface area contributed by atoms with Crippen molar-refractivity contribution in [3.8, 4) is 0 Å². The summed E-state index contributed by atoms with van der Waals surface area (Å²) in [5.74, 6) is 0. The summed E-state index contributed by atoms with van der Waals surface area (Å²) in [5, 5.41) is 4.57. The number of aromatic nitrogens is 2. The predicted molar refractivity (Wildman–Crippen MR) is 79.8 cm³/mol. The van der Waals surface area contributed by atoms with Gasteiger partial charge in [0.1, 0.15) is 5.65 Å². The third kappa shape index (κ3) is 3.56. The van der Waals surface area contributed by atoms with Crippen molar-refractivity contribution in [3.05, 3.63) is 30.1 Å². The summed E-state index contributed by atoms with van der Waals surface area (Å²) in [4.78, 5) is 4.49. The number of pyridine rings is 1. The molecule has 5 nitrogen and oxygen atoms in total. The standard InChI is InChI=1S/C15H23N3O2/c1-12(20-3)10-18-11-13(9-16-7-8-19-2)14-5-4-6-17-15(14)18/h4-6,11-12,16H,7-10H2,1-3H3. The smallest absolute Gasteiger partial charge is 0.140 e. The molecule has 2 aromatic rings. The Balaban J connectivity index is 2.17. The normalized spacial score (nSPS) is 12.9. The topological polar surface area (TPSA) is 48.3 Å². The van der Waals surface area contributed by atoms with Gasteiger partial charge >= 0.3 is 0 Å². The van der Waals surface area contributed by atoms with Gasteiger partial charge in [0.2, 0.25) is 0 Å². The van der Waals surface area contributed by atoms with Gasteiger partial charge < -0.3 is 19.4 Å². The highest BCUT2D eigenvalue weighted by Crippen LogP contribution is 2.19. The highest BCUT2D eigenvalue weighted by atomic mass is 16.5. The molecule has 2 rings (SSSR count). The van der Waals surface area contributed by atoms with Crippen LogP contribution in [0.4, 0.5) is 0 Å². The Morgan fingerprint density at radius 3 is 3.00 bits per heavy atom. The summed E-state index contributed by atoms with van der Waals surface area (Å²) in [6.45, 7) is 5.25. The molecule has 2 heterocycles. The molecule has 0 aromatic carbocycles. The number of methoxy groups -OCH3 is 2. The Hall–Kier alpha value is -1.43. The van der Waals surface area contributed by atoms with Crippen LogP contribution in [0.2, 0.25) is 0 Å².